The van der Waals surface area contributed by atoms with Gasteiger partial charge >= 0.3 is 0 Å². The lowest BCUT2D eigenvalue weighted by atomic mass is 10.0. The topological polar surface area (TPSA) is 60.9 Å². The minimum atomic E-state index is -0.234. The Morgan fingerprint density at radius 3 is 2.64 bits per heavy atom. The van der Waals surface area contributed by atoms with Gasteiger partial charge in [0.1, 0.15) is 23.5 Å². The molecule has 2 aliphatic heterocycles. The van der Waals surface area contributed by atoms with Crippen molar-refractivity contribution in [2.45, 2.75) is 44.8 Å². The molecular formula is C27H30N2O4. The van der Waals surface area contributed by atoms with E-state index in [1.54, 1.807) is 6.20 Å². The van der Waals surface area contributed by atoms with Crippen molar-refractivity contribution in [2.24, 2.45) is 0 Å². The molecule has 2 fully saturated rings. The summed E-state index contributed by atoms with van der Waals surface area (Å²) in [5.41, 5.74) is 2.97. The Bertz CT molecular complexity index is 1100. The molecule has 0 radical (unpaired) electrons. The van der Waals surface area contributed by atoms with Crippen molar-refractivity contribution in [1.82, 2.24) is 9.88 Å². The van der Waals surface area contributed by atoms with Gasteiger partial charge in [0.05, 0.1) is 6.61 Å². The number of aromatic nitrogens is 1. The van der Waals surface area contributed by atoms with Crippen molar-refractivity contribution >= 4 is 16.8 Å². The number of ether oxygens (including phenoxy) is 3. The number of rotatable bonds is 6. The fraction of sp³-hybridized carbons (Fsp3) is 0.407. The lowest BCUT2D eigenvalue weighted by molar-refractivity contribution is -0.142. The Morgan fingerprint density at radius 2 is 1.91 bits per heavy atom. The third-order valence-electron chi connectivity index (χ3n) is 6.44. The maximum Gasteiger partial charge on any atom is 0.251 e. The Kier molecular flexibility index (Phi) is 6.44. The van der Waals surface area contributed by atoms with E-state index in [-0.39, 0.29) is 18.1 Å². The van der Waals surface area contributed by atoms with Crippen LogP contribution in [0.25, 0.3) is 22.0 Å². The molecule has 6 heteroatoms. The van der Waals surface area contributed by atoms with Crippen LogP contribution in [0.1, 0.15) is 32.6 Å². The average molecular weight is 447 g/mol. The minimum absolute atomic E-state index is 0.119. The van der Waals surface area contributed by atoms with Gasteiger partial charge in [-0.2, -0.15) is 0 Å². The average Bonchev–Trinajstić information content (AvgIpc) is 3.40. The summed E-state index contributed by atoms with van der Waals surface area (Å²) in [6.07, 6.45) is 5.18. The number of hydrogen-bond acceptors (Lipinski definition) is 5. The number of benzene rings is 2. The van der Waals surface area contributed by atoms with Crippen LogP contribution >= 0.6 is 0 Å². The number of pyridine rings is 1. The van der Waals surface area contributed by atoms with E-state index in [0.717, 1.165) is 72.3 Å². The van der Waals surface area contributed by atoms with Gasteiger partial charge in [0.2, 0.25) is 0 Å². The summed E-state index contributed by atoms with van der Waals surface area (Å²) in [5, 5.41) is 1.06. The highest BCUT2D eigenvalue weighted by atomic mass is 16.5. The number of likely N-dealkylation sites (tertiary alicyclic amines) is 1. The number of amides is 1. The Hall–Kier alpha value is -3.12. The number of nitrogens with zero attached hydrogens (tertiary/aromatic N) is 2. The highest BCUT2D eigenvalue weighted by Crippen LogP contribution is 2.36. The van der Waals surface area contributed by atoms with Gasteiger partial charge in [-0.1, -0.05) is 24.3 Å². The summed E-state index contributed by atoms with van der Waals surface area (Å²) in [7, 11) is 0. The zero-order chi connectivity index (χ0) is 22.6. The predicted octanol–water partition coefficient (Wildman–Crippen LogP) is 4.85. The molecule has 0 spiro atoms. The van der Waals surface area contributed by atoms with E-state index in [1.165, 1.54) is 0 Å². The first-order valence-electron chi connectivity index (χ1n) is 11.9. The van der Waals surface area contributed by atoms with Gasteiger partial charge in [0.15, 0.2) is 5.75 Å². The van der Waals surface area contributed by atoms with Gasteiger partial charge in [0.25, 0.3) is 5.91 Å². The van der Waals surface area contributed by atoms with Crippen molar-refractivity contribution in [3.8, 4) is 22.6 Å². The van der Waals surface area contributed by atoms with Crippen LogP contribution in [-0.4, -0.2) is 54.3 Å². The van der Waals surface area contributed by atoms with Crippen LogP contribution in [0.15, 0.2) is 54.7 Å². The third kappa shape index (κ3) is 4.67. The summed E-state index contributed by atoms with van der Waals surface area (Å²) < 4.78 is 17.8. The van der Waals surface area contributed by atoms with Crippen LogP contribution < -0.4 is 9.47 Å². The molecule has 0 N–H and O–H groups in total. The van der Waals surface area contributed by atoms with Gasteiger partial charge in [-0.3, -0.25) is 9.78 Å². The predicted molar refractivity (Wildman–Crippen MR) is 128 cm³/mol. The molecule has 3 aromatic rings. The molecule has 0 unspecified atom stereocenters. The smallest absolute Gasteiger partial charge is 0.251 e. The van der Waals surface area contributed by atoms with Crippen molar-refractivity contribution in [3.05, 3.63) is 54.7 Å². The fourth-order valence-corrected chi connectivity index (χ4v) is 4.71. The van der Waals surface area contributed by atoms with Gasteiger partial charge < -0.3 is 19.1 Å². The molecule has 1 aromatic heterocycles. The van der Waals surface area contributed by atoms with E-state index >= 15 is 0 Å². The standard InChI is InChI=1S/C27H30N2O4/c1-2-31-26-23(12-9-20-5-3-15-28-25(20)26)19-7-10-21(11-8-19)33-22-13-16-29(17-14-22)27(30)24-6-4-18-32-24/h3,5,7-12,15,22,24H,2,4,6,13-14,16-18H2,1H3/t24-/m1/s1. The van der Waals surface area contributed by atoms with Gasteiger partial charge in [-0.05, 0) is 49.6 Å². The molecule has 5 rings (SSSR count). The molecule has 1 atom stereocenters. The lowest BCUT2D eigenvalue weighted by Gasteiger charge is -2.33. The first kappa shape index (κ1) is 21.7. The third-order valence-corrected chi connectivity index (χ3v) is 6.44. The van der Waals surface area contributed by atoms with E-state index in [1.807, 2.05) is 36.1 Å². The highest BCUT2D eigenvalue weighted by molar-refractivity contribution is 5.92. The number of hydrogen-bond donors (Lipinski definition) is 0. The number of carbonyl (C=O) groups is 1. The van der Waals surface area contributed by atoms with Crippen LogP contribution in [0.5, 0.6) is 11.5 Å². The molecule has 2 saturated heterocycles. The molecule has 0 saturated carbocycles. The maximum atomic E-state index is 12.5. The summed E-state index contributed by atoms with van der Waals surface area (Å²) in [6, 6.07) is 16.3. The molecule has 2 aromatic carbocycles. The van der Waals surface area contributed by atoms with E-state index in [9.17, 15) is 4.79 Å². The van der Waals surface area contributed by atoms with E-state index < -0.39 is 0 Å². The molecule has 0 aliphatic carbocycles. The van der Waals surface area contributed by atoms with Crippen LogP contribution in [0, 0.1) is 0 Å². The van der Waals surface area contributed by atoms with Crippen molar-refractivity contribution in [2.75, 3.05) is 26.3 Å². The van der Waals surface area contributed by atoms with Crippen LogP contribution in [0.4, 0.5) is 0 Å². The molecule has 2 aliphatic rings. The summed E-state index contributed by atoms with van der Waals surface area (Å²) >= 11 is 0. The van der Waals surface area contributed by atoms with Crippen LogP contribution in [-0.2, 0) is 9.53 Å². The first-order valence-corrected chi connectivity index (χ1v) is 11.9. The van der Waals surface area contributed by atoms with Crippen LogP contribution in [0.2, 0.25) is 0 Å². The largest absolute Gasteiger partial charge is 0.491 e. The minimum Gasteiger partial charge on any atom is -0.491 e. The summed E-state index contributed by atoms with van der Waals surface area (Å²) in [5.74, 6) is 1.80. The number of fused-ring (bicyclic) bond motifs is 1. The SMILES string of the molecule is CCOc1c(-c2ccc(OC3CCN(C(=O)[C@H]4CCCO4)CC3)cc2)ccc2cccnc12. The van der Waals surface area contributed by atoms with Crippen molar-refractivity contribution in [3.63, 3.8) is 0 Å². The number of piperidine rings is 1. The normalized spacial score (nSPS) is 19.1. The second-order valence-electron chi connectivity index (χ2n) is 8.62. The van der Waals surface area contributed by atoms with E-state index in [2.05, 4.69) is 29.2 Å². The van der Waals surface area contributed by atoms with E-state index in [0.29, 0.717) is 13.2 Å². The second-order valence-corrected chi connectivity index (χ2v) is 8.62. The fourth-order valence-electron chi connectivity index (χ4n) is 4.71. The maximum absolute atomic E-state index is 12.5. The second kappa shape index (κ2) is 9.79. The molecule has 0 bridgehead atoms. The van der Waals surface area contributed by atoms with E-state index in [4.69, 9.17) is 14.2 Å². The summed E-state index contributed by atoms with van der Waals surface area (Å²) in [4.78, 5) is 19.0. The Labute approximate surface area is 194 Å². The highest BCUT2D eigenvalue weighted by Gasteiger charge is 2.31. The monoisotopic (exact) mass is 446 g/mol. The lowest BCUT2D eigenvalue weighted by Crippen LogP contribution is -2.45. The van der Waals surface area contributed by atoms with Gasteiger partial charge in [-0.15, -0.1) is 0 Å². The van der Waals surface area contributed by atoms with Crippen molar-refractivity contribution < 1.29 is 19.0 Å². The molecule has 1 amide bonds. The first-order chi connectivity index (χ1) is 16.2. The molecular weight excluding hydrogens is 416 g/mol. The zero-order valence-corrected chi connectivity index (χ0v) is 19.0. The van der Waals surface area contributed by atoms with Gasteiger partial charge in [-0.25, -0.2) is 0 Å². The molecule has 6 nitrogen and oxygen atoms in total. The zero-order valence-electron chi connectivity index (χ0n) is 19.0. The summed E-state index contributed by atoms with van der Waals surface area (Å²) in [6.45, 7) is 4.72. The Balaban J connectivity index is 1.24. The molecule has 172 valence electrons. The van der Waals surface area contributed by atoms with Crippen molar-refractivity contribution in [1.29, 1.82) is 0 Å². The number of carbonyl (C=O) groups excluding carboxylic acids is 1. The quantitative estimate of drug-likeness (QED) is 0.542. The molecule has 3 heterocycles. The Morgan fingerprint density at radius 1 is 1.09 bits per heavy atom. The molecule has 33 heavy (non-hydrogen) atoms. The van der Waals surface area contributed by atoms with Gasteiger partial charge in [0, 0.05) is 49.7 Å². The van der Waals surface area contributed by atoms with Crippen LogP contribution in [0.3, 0.4) is 0 Å².